The number of hydrogen-bond acceptors (Lipinski definition) is 3. The molecule has 1 aromatic rings. The molecule has 1 amide bonds. The van der Waals surface area contributed by atoms with Crippen LogP contribution in [-0.2, 0) is 4.79 Å². The molecule has 1 fully saturated rings. The number of nitrogens with one attached hydrogen (secondary N) is 1. The second-order valence-corrected chi connectivity index (χ2v) is 6.81. The average molecular weight is 306 g/mol. The monoisotopic (exact) mass is 306 g/mol. The lowest BCUT2D eigenvalue weighted by Crippen LogP contribution is -2.38. The van der Waals surface area contributed by atoms with Crippen LogP contribution in [0.1, 0.15) is 44.0 Å². The van der Waals surface area contributed by atoms with Crippen molar-refractivity contribution in [2.24, 2.45) is 0 Å². The zero-order valence-corrected chi connectivity index (χ0v) is 14.2. The number of hydrogen-bond donors (Lipinski definition) is 1. The van der Waals surface area contributed by atoms with Crippen LogP contribution < -0.4 is 5.32 Å². The SMILES string of the molecule is CCC1NC(c2cccc(C)c2)N(C(C)CCSC)C1=O. The number of rotatable bonds is 6. The summed E-state index contributed by atoms with van der Waals surface area (Å²) >= 11 is 1.84. The van der Waals surface area contributed by atoms with Crippen molar-refractivity contribution in [1.29, 1.82) is 0 Å². The Labute approximate surface area is 132 Å². The van der Waals surface area contributed by atoms with Crippen LogP contribution in [0, 0.1) is 6.92 Å². The Kier molecular flexibility index (Phi) is 5.71. The molecule has 0 bridgehead atoms. The van der Waals surface area contributed by atoms with Gasteiger partial charge in [-0.1, -0.05) is 36.8 Å². The fourth-order valence-corrected chi connectivity index (χ4v) is 3.51. The second kappa shape index (κ2) is 7.32. The van der Waals surface area contributed by atoms with Gasteiger partial charge in [-0.05, 0) is 44.3 Å². The van der Waals surface area contributed by atoms with Gasteiger partial charge in [0.1, 0.15) is 6.17 Å². The molecule has 0 radical (unpaired) electrons. The quantitative estimate of drug-likeness (QED) is 0.875. The first-order valence-electron chi connectivity index (χ1n) is 7.72. The second-order valence-electron chi connectivity index (χ2n) is 5.82. The van der Waals surface area contributed by atoms with E-state index in [-0.39, 0.29) is 24.2 Å². The van der Waals surface area contributed by atoms with Crippen LogP contribution in [0.2, 0.25) is 0 Å². The normalized spacial score (nSPS) is 23.6. The van der Waals surface area contributed by atoms with Gasteiger partial charge in [-0.3, -0.25) is 10.1 Å². The molecule has 1 aliphatic rings. The van der Waals surface area contributed by atoms with E-state index in [9.17, 15) is 4.79 Å². The van der Waals surface area contributed by atoms with E-state index < -0.39 is 0 Å². The minimum Gasteiger partial charge on any atom is -0.319 e. The molecule has 3 nitrogen and oxygen atoms in total. The van der Waals surface area contributed by atoms with Crippen molar-refractivity contribution in [2.45, 2.75) is 51.9 Å². The van der Waals surface area contributed by atoms with Crippen LogP contribution in [0.15, 0.2) is 24.3 Å². The highest BCUT2D eigenvalue weighted by Crippen LogP contribution is 2.30. The first-order chi connectivity index (χ1) is 10.1. The van der Waals surface area contributed by atoms with Gasteiger partial charge in [0.25, 0.3) is 0 Å². The molecule has 1 N–H and O–H groups in total. The molecule has 3 atom stereocenters. The molecule has 1 heterocycles. The molecule has 0 spiro atoms. The maximum Gasteiger partial charge on any atom is 0.241 e. The summed E-state index contributed by atoms with van der Waals surface area (Å²) in [7, 11) is 0. The third kappa shape index (κ3) is 3.61. The van der Waals surface area contributed by atoms with Gasteiger partial charge >= 0.3 is 0 Å². The Hall–Kier alpha value is -1.00. The summed E-state index contributed by atoms with van der Waals surface area (Å²) in [6.45, 7) is 6.33. The highest BCUT2D eigenvalue weighted by atomic mass is 32.2. The van der Waals surface area contributed by atoms with Crippen molar-refractivity contribution in [3.8, 4) is 0 Å². The van der Waals surface area contributed by atoms with Crippen LogP contribution in [-0.4, -0.2) is 34.9 Å². The van der Waals surface area contributed by atoms with Crippen molar-refractivity contribution in [1.82, 2.24) is 10.2 Å². The lowest BCUT2D eigenvalue weighted by molar-refractivity contribution is -0.132. The van der Waals surface area contributed by atoms with E-state index in [1.807, 2.05) is 11.8 Å². The first kappa shape index (κ1) is 16.4. The van der Waals surface area contributed by atoms with Crippen molar-refractivity contribution >= 4 is 17.7 Å². The van der Waals surface area contributed by atoms with Crippen molar-refractivity contribution in [3.05, 3.63) is 35.4 Å². The smallest absolute Gasteiger partial charge is 0.241 e. The van der Waals surface area contributed by atoms with E-state index in [1.54, 1.807) is 0 Å². The highest BCUT2D eigenvalue weighted by molar-refractivity contribution is 7.98. The van der Waals surface area contributed by atoms with Crippen LogP contribution in [0.25, 0.3) is 0 Å². The first-order valence-corrected chi connectivity index (χ1v) is 9.11. The third-order valence-corrected chi connectivity index (χ3v) is 4.81. The maximum absolute atomic E-state index is 12.7. The number of carbonyl (C=O) groups excluding carboxylic acids is 1. The van der Waals surface area contributed by atoms with Gasteiger partial charge < -0.3 is 4.90 Å². The van der Waals surface area contributed by atoms with E-state index in [0.717, 1.165) is 18.6 Å². The fourth-order valence-electron chi connectivity index (χ4n) is 2.94. The topological polar surface area (TPSA) is 32.3 Å². The Bertz CT molecular complexity index is 491. The molecular weight excluding hydrogens is 280 g/mol. The largest absolute Gasteiger partial charge is 0.319 e. The number of amides is 1. The summed E-state index contributed by atoms with van der Waals surface area (Å²) in [5, 5.41) is 3.51. The lowest BCUT2D eigenvalue weighted by Gasteiger charge is -2.30. The Morgan fingerprint density at radius 1 is 1.43 bits per heavy atom. The number of benzene rings is 1. The van der Waals surface area contributed by atoms with E-state index in [0.29, 0.717) is 0 Å². The molecule has 1 aromatic carbocycles. The number of thioether (sulfide) groups is 1. The van der Waals surface area contributed by atoms with Gasteiger partial charge in [0.05, 0.1) is 6.04 Å². The summed E-state index contributed by atoms with van der Waals surface area (Å²) in [5.41, 5.74) is 2.42. The summed E-state index contributed by atoms with van der Waals surface area (Å²) in [6, 6.07) is 8.67. The van der Waals surface area contributed by atoms with Crippen LogP contribution in [0.3, 0.4) is 0 Å². The van der Waals surface area contributed by atoms with Gasteiger partial charge in [-0.15, -0.1) is 0 Å². The molecule has 4 heteroatoms. The van der Waals surface area contributed by atoms with E-state index in [4.69, 9.17) is 0 Å². The molecule has 21 heavy (non-hydrogen) atoms. The zero-order chi connectivity index (χ0) is 15.4. The standard InChI is InChI=1S/C17H26N2OS/c1-5-15-17(20)19(13(3)9-10-21-4)16(18-15)14-8-6-7-12(2)11-14/h6-8,11,13,15-16,18H,5,9-10H2,1-4H3. The predicted octanol–water partition coefficient (Wildman–Crippen LogP) is 3.35. The average Bonchev–Trinajstić information content (AvgIpc) is 2.81. The van der Waals surface area contributed by atoms with Crippen molar-refractivity contribution in [2.75, 3.05) is 12.0 Å². The molecule has 116 valence electrons. The molecule has 2 rings (SSSR count). The lowest BCUT2D eigenvalue weighted by atomic mass is 10.1. The molecule has 0 aliphatic carbocycles. The Morgan fingerprint density at radius 3 is 2.81 bits per heavy atom. The number of nitrogens with zero attached hydrogens (tertiary/aromatic N) is 1. The molecule has 1 aliphatic heterocycles. The highest BCUT2D eigenvalue weighted by Gasteiger charge is 2.40. The van der Waals surface area contributed by atoms with E-state index in [2.05, 4.69) is 61.5 Å². The molecular formula is C17H26N2OS. The number of carbonyl (C=O) groups is 1. The van der Waals surface area contributed by atoms with Gasteiger partial charge in [-0.2, -0.15) is 11.8 Å². The Morgan fingerprint density at radius 2 is 2.19 bits per heavy atom. The fraction of sp³-hybridized carbons (Fsp3) is 0.588. The molecule has 1 saturated heterocycles. The molecule has 0 aromatic heterocycles. The van der Waals surface area contributed by atoms with Crippen LogP contribution >= 0.6 is 11.8 Å². The minimum absolute atomic E-state index is 0.0132. The minimum atomic E-state index is -0.0489. The van der Waals surface area contributed by atoms with Crippen LogP contribution in [0.4, 0.5) is 0 Å². The van der Waals surface area contributed by atoms with Gasteiger partial charge in [0.2, 0.25) is 5.91 Å². The van der Waals surface area contributed by atoms with E-state index >= 15 is 0 Å². The maximum atomic E-state index is 12.7. The van der Waals surface area contributed by atoms with Gasteiger partial charge in [0.15, 0.2) is 0 Å². The van der Waals surface area contributed by atoms with Crippen molar-refractivity contribution < 1.29 is 4.79 Å². The summed E-state index contributed by atoms with van der Waals surface area (Å²) in [5.74, 6) is 1.33. The Balaban J connectivity index is 2.26. The molecule has 3 unspecified atom stereocenters. The molecule has 0 saturated carbocycles. The van der Waals surface area contributed by atoms with Gasteiger partial charge in [0, 0.05) is 6.04 Å². The number of aryl methyl sites for hydroxylation is 1. The zero-order valence-electron chi connectivity index (χ0n) is 13.4. The van der Waals surface area contributed by atoms with E-state index in [1.165, 1.54) is 11.1 Å². The summed E-state index contributed by atoms with van der Waals surface area (Å²) < 4.78 is 0. The predicted molar refractivity (Wildman–Crippen MR) is 90.4 cm³/mol. The summed E-state index contributed by atoms with van der Waals surface area (Å²) in [6.07, 6.45) is 4.00. The van der Waals surface area contributed by atoms with Crippen LogP contribution in [0.5, 0.6) is 0 Å². The summed E-state index contributed by atoms with van der Waals surface area (Å²) in [4.78, 5) is 14.7. The van der Waals surface area contributed by atoms with Crippen molar-refractivity contribution in [3.63, 3.8) is 0 Å². The van der Waals surface area contributed by atoms with Gasteiger partial charge in [-0.25, -0.2) is 0 Å². The third-order valence-electron chi connectivity index (χ3n) is 4.17.